The number of aromatic nitrogens is 1. The zero-order valence-corrected chi connectivity index (χ0v) is 16.0. The van der Waals surface area contributed by atoms with E-state index in [0.29, 0.717) is 27.8 Å². The van der Waals surface area contributed by atoms with Crippen LogP contribution in [0.3, 0.4) is 0 Å². The molecule has 1 N–H and O–H groups in total. The predicted octanol–water partition coefficient (Wildman–Crippen LogP) is 6.05. The number of fused-ring (bicyclic) bond motifs is 1. The second-order valence-corrected chi connectivity index (χ2v) is 6.98. The summed E-state index contributed by atoms with van der Waals surface area (Å²) in [6.07, 6.45) is 0. The van der Waals surface area contributed by atoms with Crippen LogP contribution in [0.1, 0.15) is 21.5 Å². The molecule has 0 bridgehead atoms. The smallest absolute Gasteiger partial charge is 0.256 e. The van der Waals surface area contributed by atoms with E-state index in [1.807, 2.05) is 32.0 Å². The van der Waals surface area contributed by atoms with Gasteiger partial charge in [0.1, 0.15) is 11.6 Å². The lowest BCUT2D eigenvalue weighted by molar-refractivity contribution is 0.102. The molecule has 4 aromatic rings. The number of aryl methyl sites for hydroxylation is 2. The van der Waals surface area contributed by atoms with Gasteiger partial charge in [-0.2, -0.15) is 0 Å². The molecular weight excluding hydrogens is 370 g/mol. The summed E-state index contributed by atoms with van der Waals surface area (Å²) >= 11 is 0. The van der Waals surface area contributed by atoms with Crippen LogP contribution in [-0.4, -0.2) is 10.9 Å². The number of carbonyl (C=O) groups excluding carboxylic acids is 1. The van der Waals surface area contributed by atoms with E-state index in [9.17, 15) is 13.6 Å². The van der Waals surface area contributed by atoms with E-state index in [1.165, 1.54) is 36.4 Å². The number of amides is 1. The first-order valence-electron chi connectivity index (χ1n) is 9.15. The normalized spacial score (nSPS) is 10.9. The molecular formula is C24H18F2N2O. The van der Waals surface area contributed by atoms with Crippen molar-refractivity contribution in [1.82, 2.24) is 4.98 Å². The maximum absolute atomic E-state index is 13.9. The minimum absolute atomic E-state index is 0.298. The van der Waals surface area contributed by atoms with Crippen LogP contribution in [0.2, 0.25) is 0 Å². The summed E-state index contributed by atoms with van der Waals surface area (Å²) < 4.78 is 27.0. The van der Waals surface area contributed by atoms with Crippen molar-refractivity contribution >= 4 is 22.5 Å². The van der Waals surface area contributed by atoms with E-state index in [-0.39, 0.29) is 0 Å². The number of hydrogen-bond donors (Lipinski definition) is 1. The highest BCUT2D eigenvalue weighted by molar-refractivity contribution is 6.13. The lowest BCUT2D eigenvalue weighted by atomic mass is 10.0. The van der Waals surface area contributed by atoms with Crippen molar-refractivity contribution in [1.29, 1.82) is 0 Å². The molecule has 29 heavy (non-hydrogen) atoms. The van der Waals surface area contributed by atoms with E-state index < -0.39 is 17.5 Å². The van der Waals surface area contributed by atoms with E-state index >= 15 is 0 Å². The van der Waals surface area contributed by atoms with Gasteiger partial charge in [-0.1, -0.05) is 12.1 Å². The van der Waals surface area contributed by atoms with Gasteiger partial charge in [0.05, 0.1) is 16.8 Å². The van der Waals surface area contributed by atoms with Gasteiger partial charge in [-0.25, -0.2) is 13.8 Å². The number of pyridine rings is 1. The van der Waals surface area contributed by atoms with Gasteiger partial charge >= 0.3 is 0 Å². The van der Waals surface area contributed by atoms with Crippen molar-refractivity contribution in [3.63, 3.8) is 0 Å². The molecule has 1 amide bonds. The summed E-state index contributed by atoms with van der Waals surface area (Å²) in [7, 11) is 0. The average molecular weight is 388 g/mol. The molecule has 3 nitrogen and oxygen atoms in total. The number of nitrogens with zero attached hydrogens (tertiary/aromatic N) is 1. The zero-order chi connectivity index (χ0) is 20.5. The van der Waals surface area contributed by atoms with E-state index in [1.54, 1.807) is 12.1 Å². The SMILES string of the molecule is Cc1ccc(-c2cc(C(=O)Nc3ccc(F)cc3)c3cc(F)ccc3n2)cc1C. The number of carbonyl (C=O) groups is 1. The second-order valence-electron chi connectivity index (χ2n) is 6.98. The first kappa shape index (κ1) is 18.7. The Balaban J connectivity index is 1.83. The zero-order valence-electron chi connectivity index (χ0n) is 16.0. The lowest BCUT2D eigenvalue weighted by Crippen LogP contribution is -2.13. The molecule has 0 saturated heterocycles. The number of nitrogens with one attached hydrogen (secondary N) is 1. The predicted molar refractivity (Wildman–Crippen MR) is 111 cm³/mol. The molecule has 0 fully saturated rings. The van der Waals surface area contributed by atoms with Crippen molar-refractivity contribution in [3.05, 3.63) is 95.1 Å². The molecule has 0 unspecified atom stereocenters. The second kappa shape index (κ2) is 7.43. The number of hydrogen-bond acceptors (Lipinski definition) is 2. The van der Waals surface area contributed by atoms with Crippen LogP contribution in [0.25, 0.3) is 22.2 Å². The molecule has 0 spiro atoms. The summed E-state index contributed by atoms with van der Waals surface area (Å²) in [5.41, 5.74) is 5.03. The Kier molecular flexibility index (Phi) is 4.80. The summed E-state index contributed by atoms with van der Waals surface area (Å²) in [6.45, 7) is 4.04. The third kappa shape index (κ3) is 3.85. The molecule has 0 aliphatic heterocycles. The van der Waals surface area contributed by atoms with Gasteiger partial charge in [-0.3, -0.25) is 4.79 Å². The van der Waals surface area contributed by atoms with Crippen molar-refractivity contribution in [2.45, 2.75) is 13.8 Å². The highest BCUT2D eigenvalue weighted by Crippen LogP contribution is 2.27. The van der Waals surface area contributed by atoms with E-state index in [4.69, 9.17) is 0 Å². The number of anilines is 1. The van der Waals surface area contributed by atoms with Crippen LogP contribution in [-0.2, 0) is 0 Å². The van der Waals surface area contributed by atoms with Gasteiger partial charge in [0, 0.05) is 16.6 Å². The van der Waals surface area contributed by atoms with Crippen molar-refractivity contribution in [2.75, 3.05) is 5.32 Å². The van der Waals surface area contributed by atoms with Crippen LogP contribution >= 0.6 is 0 Å². The third-order valence-electron chi connectivity index (χ3n) is 4.92. The van der Waals surface area contributed by atoms with Gasteiger partial charge in [0.25, 0.3) is 5.91 Å². The molecule has 0 aliphatic carbocycles. The van der Waals surface area contributed by atoms with Crippen LogP contribution in [0.5, 0.6) is 0 Å². The molecule has 0 radical (unpaired) electrons. The maximum atomic E-state index is 13.9. The minimum Gasteiger partial charge on any atom is -0.322 e. The third-order valence-corrected chi connectivity index (χ3v) is 4.92. The molecule has 0 saturated carbocycles. The minimum atomic E-state index is -0.450. The van der Waals surface area contributed by atoms with Crippen LogP contribution < -0.4 is 5.32 Å². The summed E-state index contributed by atoms with van der Waals surface area (Å²) in [5.74, 6) is -1.26. The Morgan fingerprint density at radius 2 is 1.55 bits per heavy atom. The molecule has 144 valence electrons. The number of halogens is 2. The Labute approximate surface area is 167 Å². The number of rotatable bonds is 3. The number of benzene rings is 3. The first-order chi connectivity index (χ1) is 13.9. The lowest BCUT2D eigenvalue weighted by Gasteiger charge is -2.12. The van der Waals surface area contributed by atoms with Gasteiger partial charge in [-0.15, -0.1) is 0 Å². The Bertz CT molecular complexity index is 1230. The van der Waals surface area contributed by atoms with Crippen LogP contribution in [0, 0.1) is 25.5 Å². The first-order valence-corrected chi connectivity index (χ1v) is 9.15. The Morgan fingerprint density at radius 1 is 0.828 bits per heavy atom. The molecule has 4 rings (SSSR count). The molecule has 1 aromatic heterocycles. The van der Waals surface area contributed by atoms with Gasteiger partial charge < -0.3 is 5.32 Å². The Hall–Kier alpha value is -3.60. The van der Waals surface area contributed by atoms with Crippen molar-refractivity contribution in [2.24, 2.45) is 0 Å². The standard InChI is InChI=1S/C24H18F2N2O/c1-14-3-4-16(11-15(14)2)23-13-21(20-12-18(26)7-10-22(20)28-23)24(29)27-19-8-5-17(25)6-9-19/h3-13H,1-2H3,(H,27,29). The highest BCUT2D eigenvalue weighted by atomic mass is 19.1. The van der Waals surface area contributed by atoms with Crippen LogP contribution in [0.4, 0.5) is 14.5 Å². The van der Waals surface area contributed by atoms with Crippen LogP contribution in [0.15, 0.2) is 66.7 Å². The van der Waals surface area contributed by atoms with Crippen molar-refractivity contribution < 1.29 is 13.6 Å². The van der Waals surface area contributed by atoms with Gasteiger partial charge in [-0.05, 0) is 79.6 Å². The van der Waals surface area contributed by atoms with E-state index in [0.717, 1.165) is 16.7 Å². The Morgan fingerprint density at radius 3 is 2.28 bits per heavy atom. The summed E-state index contributed by atoms with van der Waals surface area (Å²) in [4.78, 5) is 17.6. The topological polar surface area (TPSA) is 42.0 Å². The molecule has 3 aromatic carbocycles. The average Bonchev–Trinajstić information content (AvgIpc) is 2.71. The fourth-order valence-corrected chi connectivity index (χ4v) is 3.17. The summed E-state index contributed by atoms with van der Waals surface area (Å²) in [5, 5.41) is 3.15. The highest BCUT2D eigenvalue weighted by Gasteiger charge is 2.15. The quantitative estimate of drug-likeness (QED) is 0.464. The fourth-order valence-electron chi connectivity index (χ4n) is 3.17. The van der Waals surface area contributed by atoms with Gasteiger partial charge in [0.15, 0.2) is 0 Å². The van der Waals surface area contributed by atoms with Crippen molar-refractivity contribution in [3.8, 4) is 11.3 Å². The monoisotopic (exact) mass is 388 g/mol. The molecule has 0 aliphatic rings. The fraction of sp³-hybridized carbons (Fsp3) is 0.0833. The summed E-state index contributed by atoms with van der Waals surface area (Å²) in [6, 6.07) is 17.3. The molecule has 5 heteroatoms. The molecule has 0 atom stereocenters. The van der Waals surface area contributed by atoms with Gasteiger partial charge in [0.2, 0.25) is 0 Å². The maximum Gasteiger partial charge on any atom is 0.256 e. The largest absolute Gasteiger partial charge is 0.322 e. The molecule has 1 heterocycles. The van der Waals surface area contributed by atoms with E-state index in [2.05, 4.69) is 10.3 Å².